The number of hydrogen-bond acceptors (Lipinski definition) is 44. The van der Waals surface area contributed by atoms with E-state index in [1.165, 1.54) is 20.9 Å². The van der Waals surface area contributed by atoms with Crippen LogP contribution in [0.25, 0.3) is 0 Å². The molecule has 0 heterocycles. The molecule has 0 aromatic heterocycles. The molecule has 0 amide bonds. The third-order valence-corrected chi connectivity index (χ3v) is 91.9. The Bertz CT molecular complexity index is 473. The molecule has 0 saturated carbocycles. The predicted octanol–water partition coefficient (Wildman–Crippen LogP) is 28.5. The highest BCUT2D eigenvalue weighted by Gasteiger charge is 2.03. The molecule has 47 heavy (non-hydrogen) atoms. The van der Waals surface area contributed by atoms with Gasteiger partial charge in [0, 0.05) is 324 Å². The molecule has 0 fully saturated rings. The van der Waals surface area contributed by atoms with Crippen molar-refractivity contribution in [3.8, 4) is 0 Å². The Morgan fingerprint density at radius 1 is 0.277 bits per heavy atom. The highest BCUT2D eigenvalue weighted by molar-refractivity contribution is 9.62. The van der Waals surface area contributed by atoms with Crippen LogP contribution >= 0.6 is 426 Å². The smallest absolute Gasteiger partial charge is 0.0749 e. The summed E-state index contributed by atoms with van der Waals surface area (Å²) in [5, 5.41) is 0. The maximum Gasteiger partial charge on any atom is 0.0749 e. The van der Waals surface area contributed by atoms with Gasteiger partial charge < -0.3 is 4.18 Å². The van der Waals surface area contributed by atoms with Gasteiger partial charge in [-0.25, -0.2) is 0 Å². The van der Waals surface area contributed by atoms with E-state index in [0.29, 0.717) is 0 Å². The molecular weight excluding hydrogens is 1430 g/mol. The highest BCUT2D eigenvalue weighted by atomic mass is 34.1. The first-order valence-electron chi connectivity index (χ1n) is 8.68. The van der Waals surface area contributed by atoms with E-state index in [0.717, 1.165) is 13.0 Å². The molecule has 0 spiro atoms. The lowest BCUT2D eigenvalue weighted by Crippen LogP contribution is -1.77. The van der Waals surface area contributed by atoms with Crippen molar-refractivity contribution in [3.63, 3.8) is 0 Å². The minimum atomic E-state index is 0.819. The van der Waals surface area contributed by atoms with Gasteiger partial charge in [-0.3, -0.25) is 0 Å². The molecule has 0 aromatic rings. The van der Waals surface area contributed by atoms with Crippen LogP contribution in [0.2, 0.25) is 0 Å². The summed E-state index contributed by atoms with van der Waals surface area (Å²) in [6.07, 6.45) is 1.06. The fourth-order valence-corrected chi connectivity index (χ4v) is 110. The Morgan fingerprint density at radius 2 is 0.447 bits per heavy atom. The van der Waals surface area contributed by atoms with Crippen molar-refractivity contribution in [1.29, 1.82) is 0 Å². The fourth-order valence-electron chi connectivity index (χ4n) is 0.592. The maximum absolute atomic E-state index is 5.35. The second-order valence-electron chi connectivity index (χ2n) is 3.69. The zero-order valence-corrected chi connectivity index (χ0v) is 55.6. The van der Waals surface area contributed by atoms with Gasteiger partial charge in [-0.1, -0.05) is 18.6 Å². The summed E-state index contributed by atoms with van der Waals surface area (Å²) in [4.78, 5) is 0. The first-order chi connectivity index (χ1) is 23.4. The van der Waals surface area contributed by atoms with Gasteiger partial charge in [0.05, 0.1) is 17.7 Å². The van der Waals surface area contributed by atoms with Crippen LogP contribution in [-0.4, -0.2) is 6.61 Å². The van der Waals surface area contributed by atoms with Crippen LogP contribution < -0.4 is 0 Å². The molecule has 44 heteroatoms. The van der Waals surface area contributed by atoms with Crippen molar-refractivity contribution in [2.24, 2.45) is 0 Å². The van der Waals surface area contributed by atoms with E-state index in [4.69, 9.17) is 4.18 Å². The Morgan fingerprint density at radius 3 is 0.617 bits per heavy atom. The van der Waals surface area contributed by atoms with E-state index in [-0.39, 0.29) is 0 Å². The van der Waals surface area contributed by atoms with Crippen LogP contribution in [0.3, 0.4) is 0 Å². The largest absolute Gasteiger partial charge is 0.304 e. The summed E-state index contributed by atoms with van der Waals surface area (Å²) < 4.78 is 5.35. The van der Waals surface area contributed by atoms with E-state index in [9.17, 15) is 0 Å². The average molecular weight is 1440 g/mol. The van der Waals surface area contributed by atoms with Gasteiger partial charge in [0.15, 0.2) is 0 Å². The van der Waals surface area contributed by atoms with Gasteiger partial charge in [0.1, 0.15) is 0 Å². The lowest BCUT2D eigenvalue weighted by molar-refractivity contribution is 0.379. The highest BCUT2D eigenvalue weighted by Crippen LogP contribution is 2.68. The molecule has 0 unspecified atom stereocenters. The number of hydrogen-bond donors (Lipinski definition) is 1. The zero-order valence-electron chi connectivity index (χ0n) is 20.4. The average Bonchev–Trinajstić information content (AvgIpc) is 3.08. The van der Waals surface area contributed by atoms with Crippen molar-refractivity contribution >= 4 is 426 Å². The molecular formula is C3H8OS43. The van der Waals surface area contributed by atoms with Gasteiger partial charge in [-0.15, -0.1) is 0 Å². The normalized spacial score (nSPS) is 11.6. The summed E-state index contributed by atoms with van der Waals surface area (Å²) >= 11 is 5.56. The van der Waals surface area contributed by atoms with E-state index in [1.807, 2.05) is 295 Å². The topological polar surface area (TPSA) is 9.23 Å². The number of thiol groups is 1. The molecule has 0 rings (SSSR count). The standard InChI is InChI=1S/C3H8OS43/c1-2-3-4-6-8-10-12-14-16-18-20-22-24-26-28-30-32-34-36-38-40-42-44-46-47-45-43-41-39-37-35-33-31-29-27-25-23-21-19-17-15-13-11-9-7-5/h5H,2-3H2,1H3. The van der Waals surface area contributed by atoms with Crippen LogP contribution in [0.1, 0.15) is 13.3 Å². The van der Waals surface area contributed by atoms with Crippen molar-refractivity contribution < 1.29 is 4.18 Å². The summed E-state index contributed by atoms with van der Waals surface area (Å²) in [6, 6.07) is 0. The second-order valence-corrected chi connectivity index (χ2v) is 77.2. The molecule has 0 aliphatic rings. The van der Waals surface area contributed by atoms with E-state index >= 15 is 0 Å². The van der Waals surface area contributed by atoms with E-state index in [1.54, 1.807) is 98.3 Å². The van der Waals surface area contributed by atoms with Crippen molar-refractivity contribution in [3.05, 3.63) is 0 Å². The number of rotatable bonds is 44. The van der Waals surface area contributed by atoms with Gasteiger partial charge >= 0.3 is 0 Å². The van der Waals surface area contributed by atoms with Gasteiger partial charge in [0.25, 0.3) is 0 Å². The fraction of sp³-hybridized carbons (Fsp3) is 1.00. The minimum absolute atomic E-state index is 0.819. The van der Waals surface area contributed by atoms with Crippen molar-refractivity contribution in [1.82, 2.24) is 0 Å². The predicted molar refractivity (Wildman–Crippen MR) is 344 cm³/mol. The van der Waals surface area contributed by atoms with Crippen LogP contribution in [-0.2, 0) is 4.18 Å². The molecule has 0 radical (unpaired) electrons. The van der Waals surface area contributed by atoms with Gasteiger partial charge in [0.2, 0.25) is 0 Å². The first kappa shape index (κ1) is 62.0. The first-order valence-corrected chi connectivity index (χ1v) is 65.1. The third kappa shape index (κ3) is 61.0. The quantitative estimate of drug-likeness (QED) is 0.0268. The summed E-state index contributed by atoms with van der Waals surface area (Å²) in [5.74, 6) is 0. The minimum Gasteiger partial charge on any atom is -0.304 e. The molecule has 1 nitrogen and oxygen atoms in total. The lowest BCUT2D eigenvalue weighted by atomic mass is 10.5. The zero-order chi connectivity index (χ0) is 33.8. The van der Waals surface area contributed by atoms with Crippen molar-refractivity contribution in [2.75, 3.05) is 6.61 Å². The Hall–Kier alpha value is 15.0. The molecule has 0 aliphatic carbocycles. The summed E-state index contributed by atoms with van der Waals surface area (Å²) in [5.41, 5.74) is 0. The summed E-state index contributed by atoms with van der Waals surface area (Å²) in [7, 11) is 73.8. The second kappa shape index (κ2) is 61.0. The molecule has 0 saturated heterocycles. The SMILES string of the molecule is CCCOSSSSSSSSSSSSSSSSSSSSSSSSSSSSSSSSSSSSSSSSSSS. The molecule has 0 N–H and O–H groups in total. The summed E-state index contributed by atoms with van der Waals surface area (Å²) in [6.45, 7) is 2.94. The van der Waals surface area contributed by atoms with E-state index < -0.39 is 0 Å². The Kier molecular flexibility index (Phi) is 80.5. The van der Waals surface area contributed by atoms with E-state index in [2.05, 4.69) is 18.6 Å². The van der Waals surface area contributed by atoms with Gasteiger partial charge in [-0.05, 0) is 85.0 Å². The molecule has 0 aliphatic heterocycles. The Labute approximate surface area is 438 Å². The molecule has 0 bridgehead atoms. The third-order valence-electron chi connectivity index (χ3n) is 1.48. The lowest BCUT2D eigenvalue weighted by Gasteiger charge is -2.00. The van der Waals surface area contributed by atoms with Crippen LogP contribution in [0.5, 0.6) is 0 Å². The van der Waals surface area contributed by atoms with Gasteiger partial charge in [-0.2, -0.15) is 0 Å². The van der Waals surface area contributed by atoms with Crippen LogP contribution in [0.4, 0.5) is 0 Å². The molecule has 0 atom stereocenters. The van der Waals surface area contributed by atoms with Crippen LogP contribution in [0, 0.1) is 0 Å². The van der Waals surface area contributed by atoms with Crippen LogP contribution in [0.15, 0.2) is 0 Å². The maximum atomic E-state index is 5.35. The van der Waals surface area contributed by atoms with Crippen molar-refractivity contribution in [2.45, 2.75) is 13.3 Å². The molecule has 284 valence electrons. The Balaban J connectivity index is 3.03. The molecule has 0 aromatic carbocycles. The monoisotopic (exact) mass is 1430 g/mol.